The molecule has 2 saturated heterocycles. The molecule has 230 valence electrons. The lowest BCUT2D eigenvalue weighted by atomic mass is 9.94. The Morgan fingerprint density at radius 3 is 2.07 bits per heavy atom. The van der Waals surface area contributed by atoms with Crippen LogP contribution in [0.4, 0.5) is 18.9 Å². The summed E-state index contributed by atoms with van der Waals surface area (Å²) in [5.41, 5.74) is 2.23. The molecule has 0 atom stereocenters. The molecule has 0 aliphatic carbocycles. The van der Waals surface area contributed by atoms with Gasteiger partial charge in [0.05, 0.1) is 0 Å². The number of anilines is 1. The minimum absolute atomic E-state index is 0.0499. The molecular formula is C30H38ClF3N4O4. The molecule has 2 aliphatic rings. The first-order chi connectivity index (χ1) is 19.9. The maximum atomic E-state index is 13.5. The van der Waals surface area contributed by atoms with Crippen LogP contribution in [-0.2, 0) is 20.9 Å². The molecule has 0 bridgehead atoms. The number of hydrogen-bond acceptors (Lipinski definition) is 5. The second-order valence-electron chi connectivity index (χ2n) is 10.5. The zero-order valence-electron chi connectivity index (χ0n) is 23.7. The highest BCUT2D eigenvalue weighted by Gasteiger charge is 2.38. The van der Waals surface area contributed by atoms with E-state index < -0.39 is 12.1 Å². The standard InChI is InChI=1S/C28H37ClN4O2.C2HF3O2/c1-23(34)32-15-11-25(12-16-32)28(35)33(27-10-5-9-26(29)21-27)14-6-13-30-17-19-31(20-18-30)22-24-7-3-2-4-8-24;3-2(4,5)1(6)7/h2-5,7-10,21,25H,6,11-20,22H2,1H3;(H,6,7). The Bertz CT molecular complexity index is 1170. The number of nitrogens with zero attached hydrogens (tertiary/aromatic N) is 4. The molecule has 12 heteroatoms. The maximum absolute atomic E-state index is 13.5. The number of amides is 2. The van der Waals surface area contributed by atoms with Gasteiger partial charge in [-0.3, -0.25) is 14.5 Å². The Labute approximate surface area is 249 Å². The van der Waals surface area contributed by atoms with Crippen LogP contribution in [0.15, 0.2) is 54.6 Å². The first-order valence-electron chi connectivity index (χ1n) is 14.0. The Balaban J connectivity index is 0.000000616. The van der Waals surface area contributed by atoms with Crippen molar-refractivity contribution in [3.8, 4) is 0 Å². The highest BCUT2D eigenvalue weighted by atomic mass is 35.5. The average Bonchev–Trinajstić information content (AvgIpc) is 2.96. The van der Waals surface area contributed by atoms with Gasteiger partial charge in [-0.05, 0) is 49.6 Å². The molecule has 2 heterocycles. The quantitative estimate of drug-likeness (QED) is 0.464. The molecule has 8 nitrogen and oxygen atoms in total. The first kappa shape index (κ1) is 33.4. The molecular weight excluding hydrogens is 573 g/mol. The summed E-state index contributed by atoms with van der Waals surface area (Å²) in [4.78, 5) is 42.9. The third kappa shape index (κ3) is 10.6. The Kier molecular flexibility index (Phi) is 12.6. The van der Waals surface area contributed by atoms with Crippen LogP contribution in [0.5, 0.6) is 0 Å². The van der Waals surface area contributed by atoms with Gasteiger partial charge in [0, 0.05) is 75.9 Å². The SMILES string of the molecule is CC(=O)N1CCC(C(=O)N(CCCN2CCN(Cc3ccccc3)CC2)c2cccc(Cl)c2)CC1.O=C(O)C(F)(F)F. The number of piperidine rings is 1. The smallest absolute Gasteiger partial charge is 0.475 e. The van der Waals surface area contributed by atoms with Crippen LogP contribution >= 0.6 is 11.6 Å². The number of aliphatic carboxylic acids is 1. The number of piperazine rings is 1. The molecule has 2 aliphatic heterocycles. The van der Waals surface area contributed by atoms with E-state index >= 15 is 0 Å². The fraction of sp³-hybridized carbons (Fsp3) is 0.500. The first-order valence-corrected chi connectivity index (χ1v) is 14.4. The molecule has 2 aromatic carbocycles. The van der Waals surface area contributed by atoms with Gasteiger partial charge in [0.25, 0.3) is 0 Å². The van der Waals surface area contributed by atoms with Crippen LogP contribution < -0.4 is 4.90 Å². The second kappa shape index (κ2) is 15.9. The van der Waals surface area contributed by atoms with E-state index in [1.54, 1.807) is 6.92 Å². The van der Waals surface area contributed by atoms with Gasteiger partial charge in [-0.2, -0.15) is 13.2 Å². The predicted octanol–water partition coefficient (Wildman–Crippen LogP) is 4.77. The number of carboxylic acid groups (broad SMARTS) is 1. The molecule has 0 aromatic heterocycles. The van der Waals surface area contributed by atoms with Crippen molar-refractivity contribution in [1.29, 1.82) is 0 Å². The van der Waals surface area contributed by atoms with E-state index in [1.165, 1.54) is 5.56 Å². The summed E-state index contributed by atoms with van der Waals surface area (Å²) in [7, 11) is 0. The van der Waals surface area contributed by atoms with E-state index in [-0.39, 0.29) is 17.7 Å². The summed E-state index contributed by atoms with van der Waals surface area (Å²) in [6.45, 7) is 9.83. The van der Waals surface area contributed by atoms with Gasteiger partial charge in [-0.1, -0.05) is 48.0 Å². The van der Waals surface area contributed by atoms with Crippen LogP contribution in [-0.4, -0.2) is 96.1 Å². The molecule has 2 aromatic rings. The Morgan fingerprint density at radius 2 is 1.52 bits per heavy atom. The molecule has 42 heavy (non-hydrogen) atoms. The van der Waals surface area contributed by atoms with Crippen LogP contribution in [0.1, 0.15) is 31.7 Å². The summed E-state index contributed by atoms with van der Waals surface area (Å²) < 4.78 is 31.7. The summed E-state index contributed by atoms with van der Waals surface area (Å²) in [6, 6.07) is 18.2. The number of carbonyl (C=O) groups is 3. The number of benzene rings is 2. The molecule has 0 unspecified atom stereocenters. The maximum Gasteiger partial charge on any atom is 0.490 e. The van der Waals surface area contributed by atoms with E-state index in [4.69, 9.17) is 21.5 Å². The van der Waals surface area contributed by atoms with Crippen molar-refractivity contribution in [3.63, 3.8) is 0 Å². The largest absolute Gasteiger partial charge is 0.490 e. The topological polar surface area (TPSA) is 84.4 Å². The van der Waals surface area contributed by atoms with Gasteiger partial charge in [-0.25, -0.2) is 4.79 Å². The fourth-order valence-corrected chi connectivity index (χ4v) is 5.32. The predicted molar refractivity (Wildman–Crippen MR) is 155 cm³/mol. The van der Waals surface area contributed by atoms with Crippen LogP contribution in [0.3, 0.4) is 0 Å². The number of rotatable bonds is 8. The summed E-state index contributed by atoms with van der Waals surface area (Å²) in [5, 5.41) is 7.77. The molecule has 4 rings (SSSR count). The molecule has 1 N–H and O–H groups in total. The number of halogens is 4. The van der Waals surface area contributed by atoms with E-state index in [2.05, 4.69) is 40.1 Å². The third-order valence-electron chi connectivity index (χ3n) is 7.49. The summed E-state index contributed by atoms with van der Waals surface area (Å²) in [6.07, 6.45) is -2.72. The van der Waals surface area contributed by atoms with Gasteiger partial charge in [0.15, 0.2) is 0 Å². The summed E-state index contributed by atoms with van der Waals surface area (Å²) >= 11 is 6.27. The van der Waals surface area contributed by atoms with Crippen LogP contribution in [0.2, 0.25) is 5.02 Å². The molecule has 0 spiro atoms. The zero-order chi connectivity index (χ0) is 30.7. The van der Waals surface area contributed by atoms with Crippen molar-refractivity contribution >= 4 is 35.1 Å². The van der Waals surface area contributed by atoms with Crippen molar-refractivity contribution in [2.75, 3.05) is 57.3 Å². The lowest BCUT2D eigenvalue weighted by Gasteiger charge is -2.36. The van der Waals surface area contributed by atoms with Crippen molar-refractivity contribution in [3.05, 3.63) is 65.2 Å². The molecule has 2 amide bonds. The van der Waals surface area contributed by atoms with Gasteiger partial charge in [-0.15, -0.1) is 0 Å². The van der Waals surface area contributed by atoms with E-state index in [1.807, 2.05) is 34.1 Å². The zero-order valence-corrected chi connectivity index (χ0v) is 24.5. The minimum atomic E-state index is -5.08. The fourth-order valence-electron chi connectivity index (χ4n) is 5.14. The average molecular weight is 611 g/mol. The minimum Gasteiger partial charge on any atom is -0.475 e. The van der Waals surface area contributed by atoms with Crippen molar-refractivity contribution in [2.45, 2.75) is 38.9 Å². The number of carboxylic acids is 1. The van der Waals surface area contributed by atoms with Crippen molar-refractivity contribution in [2.24, 2.45) is 5.92 Å². The molecule has 0 saturated carbocycles. The Hall–Kier alpha value is -3.15. The molecule has 0 radical (unpaired) electrons. The highest BCUT2D eigenvalue weighted by molar-refractivity contribution is 6.30. The number of likely N-dealkylation sites (tertiary alicyclic amines) is 1. The van der Waals surface area contributed by atoms with Gasteiger partial charge in [0.1, 0.15) is 0 Å². The number of carbonyl (C=O) groups excluding carboxylic acids is 2. The van der Waals surface area contributed by atoms with Crippen molar-refractivity contribution < 1.29 is 32.7 Å². The van der Waals surface area contributed by atoms with Crippen LogP contribution in [0.25, 0.3) is 0 Å². The van der Waals surface area contributed by atoms with Gasteiger partial charge in [0.2, 0.25) is 11.8 Å². The van der Waals surface area contributed by atoms with Gasteiger partial charge >= 0.3 is 12.1 Å². The molecule has 2 fully saturated rings. The van der Waals surface area contributed by atoms with Crippen molar-refractivity contribution in [1.82, 2.24) is 14.7 Å². The van der Waals surface area contributed by atoms with E-state index in [0.29, 0.717) is 24.7 Å². The third-order valence-corrected chi connectivity index (χ3v) is 7.72. The second-order valence-corrected chi connectivity index (χ2v) is 10.9. The van der Waals surface area contributed by atoms with Gasteiger partial charge < -0.3 is 19.8 Å². The number of hydrogen-bond donors (Lipinski definition) is 1. The Morgan fingerprint density at radius 1 is 0.929 bits per heavy atom. The van der Waals surface area contributed by atoms with E-state index in [0.717, 1.165) is 64.2 Å². The monoisotopic (exact) mass is 610 g/mol. The number of alkyl halides is 3. The van der Waals surface area contributed by atoms with Crippen LogP contribution in [0, 0.1) is 5.92 Å². The normalized spacial score (nSPS) is 16.8. The lowest BCUT2D eigenvalue weighted by Crippen LogP contribution is -2.47. The summed E-state index contributed by atoms with van der Waals surface area (Å²) in [5.74, 6) is -2.56. The lowest BCUT2D eigenvalue weighted by molar-refractivity contribution is -0.192. The van der Waals surface area contributed by atoms with E-state index in [9.17, 15) is 22.8 Å². The highest BCUT2D eigenvalue weighted by Crippen LogP contribution is 2.26.